The molecule has 0 unspecified atom stereocenters. The average molecular weight is 349 g/mol. The second kappa shape index (κ2) is 6.30. The van der Waals surface area contributed by atoms with Gasteiger partial charge in [-0.05, 0) is 52.5 Å². The molecule has 26 heavy (non-hydrogen) atoms. The van der Waals surface area contributed by atoms with Crippen molar-refractivity contribution in [2.24, 2.45) is 0 Å². The summed E-state index contributed by atoms with van der Waals surface area (Å²) in [4.78, 5) is 0. The first-order chi connectivity index (χ1) is 12.0. The number of methoxy groups -OCH3 is 1. The lowest BCUT2D eigenvalue weighted by atomic mass is 9.80. The first-order valence-electron chi connectivity index (χ1n) is 9.55. The highest BCUT2D eigenvalue weighted by Crippen LogP contribution is 2.46. The number of hydrogen-bond acceptors (Lipinski definition) is 1. The summed E-state index contributed by atoms with van der Waals surface area (Å²) >= 11 is 0. The summed E-state index contributed by atoms with van der Waals surface area (Å²) < 4.78 is 5.99. The lowest BCUT2D eigenvalue weighted by Gasteiger charge is -2.27. The van der Waals surface area contributed by atoms with Gasteiger partial charge in [-0.3, -0.25) is 0 Å². The van der Waals surface area contributed by atoms with Crippen LogP contribution in [-0.4, -0.2) is 7.11 Å². The van der Waals surface area contributed by atoms with Crippen LogP contribution in [-0.2, 0) is 17.3 Å². The van der Waals surface area contributed by atoms with Gasteiger partial charge in [0.05, 0.1) is 7.11 Å². The number of ether oxygens (including phenoxy) is 1. The molecule has 138 valence electrons. The average Bonchev–Trinajstić information content (AvgIpc) is 2.91. The third-order valence-electron chi connectivity index (χ3n) is 5.33. The number of fused-ring (bicyclic) bond motifs is 1. The van der Waals surface area contributed by atoms with Crippen LogP contribution in [0.1, 0.15) is 70.7 Å². The van der Waals surface area contributed by atoms with Crippen LogP contribution in [0.2, 0.25) is 0 Å². The second-order valence-corrected chi connectivity index (χ2v) is 9.64. The molecule has 0 heterocycles. The molecule has 1 heteroatoms. The molecule has 0 aliphatic heterocycles. The van der Waals surface area contributed by atoms with Crippen molar-refractivity contribution < 1.29 is 4.74 Å². The minimum absolute atomic E-state index is 0.0325. The molecule has 0 bridgehead atoms. The molecule has 0 atom stereocenters. The van der Waals surface area contributed by atoms with E-state index in [1.54, 1.807) is 7.11 Å². The zero-order valence-corrected chi connectivity index (χ0v) is 17.6. The fraction of sp³-hybridized carbons (Fsp3) is 0.440. The van der Waals surface area contributed by atoms with Crippen LogP contribution in [0.3, 0.4) is 0 Å². The summed E-state index contributed by atoms with van der Waals surface area (Å²) in [6.07, 6.45) is 3.34. The minimum atomic E-state index is 0.0325. The van der Waals surface area contributed by atoms with Gasteiger partial charge < -0.3 is 4.74 Å². The van der Waals surface area contributed by atoms with Crippen molar-refractivity contribution in [1.29, 1.82) is 0 Å². The Labute approximate surface area is 159 Å². The molecule has 0 amide bonds. The van der Waals surface area contributed by atoms with Crippen molar-refractivity contribution in [1.82, 2.24) is 0 Å². The zero-order valence-electron chi connectivity index (χ0n) is 17.6. The van der Waals surface area contributed by atoms with Gasteiger partial charge in [0.2, 0.25) is 0 Å². The van der Waals surface area contributed by atoms with Gasteiger partial charge in [0.25, 0.3) is 0 Å². The smallest absolute Gasteiger partial charge is 0.130 e. The van der Waals surface area contributed by atoms with Crippen LogP contribution in [0.5, 0.6) is 5.75 Å². The van der Waals surface area contributed by atoms with Gasteiger partial charge in [0.15, 0.2) is 0 Å². The van der Waals surface area contributed by atoms with Gasteiger partial charge >= 0.3 is 0 Å². The summed E-state index contributed by atoms with van der Waals surface area (Å²) in [7, 11) is 1.80. The fourth-order valence-corrected chi connectivity index (χ4v) is 3.85. The van der Waals surface area contributed by atoms with E-state index in [9.17, 15) is 0 Å². The quantitative estimate of drug-likeness (QED) is 0.572. The van der Waals surface area contributed by atoms with Crippen molar-refractivity contribution in [3.05, 3.63) is 58.2 Å². The van der Waals surface area contributed by atoms with E-state index in [0.717, 1.165) is 12.2 Å². The Kier molecular flexibility index (Phi) is 4.55. The van der Waals surface area contributed by atoms with Crippen molar-refractivity contribution in [3.8, 4) is 16.9 Å². The Morgan fingerprint density at radius 3 is 2.00 bits per heavy atom. The molecular weight excluding hydrogens is 316 g/mol. The fourth-order valence-electron chi connectivity index (χ4n) is 3.85. The Balaban J connectivity index is 2.26. The molecular formula is C25H32O. The minimum Gasteiger partial charge on any atom is -0.496 e. The van der Waals surface area contributed by atoms with Gasteiger partial charge in [-0.1, -0.05) is 77.5 Å². The van der Waals surface area contributed by atoms with Crippen LogP contribution >= 0.6 is 0 Å². The van der Waals surface area contributed by atoms with Gasteiger partial charge in [0.1, 0.15) is 5.75 Å². The summed E-state index contributed by atoms with van der Waals surface area (Å²) in [6.45, 7) is 15.8. The van der Waals surface area contributed by atoms with E-state index in [1.807, 2.05) is 0 Å². The molecule has 3 rings (SSSR count). The molecule has 0 saturated carbocycles. The van der Waals surface area contributed by atoms with Crippen molar-refractivity contribution in [2.45, 2.75) is 65.7 Å². The first kappa shape index (κ1) is 18.8. The molecule has 1 nitrogen and oxygen atoms in total. The van der Waals surface area contributed by atoms with E-state index in [-0.39, 0.29) is 10.8 Å². The standard InChI is InChI=1S/C25H32O/c1-16-13-18-15-21(25(5,6)7)23(26-8)22(20(18)14-16)17-9-11-19(12-10-17)24(2,3)4/h9-13,15H,14H2,1-8H3. The molecule has 0 radical (unpaired) electrons. The normalized spacial score (nSPS) is 14.2. The lowest BCUT2D eigenvalue weighted by Crippen LogP contribution is -2.15. The SMILES string of the molecule is COc1c(C(C)(C)C)cc2c(c1-c1ccc(C(C)(C)C)cc1)CC(C)=C2. The third-order valence-corrected chi connectivity index (χ3v) is 5.33. The number of rotatable bonds is 2. The molecule has 0 fully saturated rings. The Hall–Kier alpha value is -2.02. The second-order valence-electron chi connectivity index (χ2n) is 9.64. The van der Waals surface area contributed by atoms with Gasteiger partial charge in [-0.15, -0.1) is 0 Å². The molecule has 2 aromatic rings. The molecule has 2 aromatic carbocycles. The van der Waals surface area contributed by atoms with Gasteiger partial charge in [-0.2, -0.15) is 0 Å². The Morgan fingerprint density at radius 1 is 0.885 bits per heavy atom. The van der Waals surface area contributed by atoms with Crippen molar-refractivity contribution in [2.75, 3.05) is 7.11 Å². The van der Waals surface area contributed by atoms with E-state index >= 15 is 0 Å². The van der Waals surface area contributed by atoms with Crippen LogP contribution in [0.15, 0.2) is 35.9 Å². The molecule has 0 N–H and O–H groups in total. The van der Waals surface area contributed by atoms with Crippen LogP contribution in [0, 0.1) is 0 Å². The highest BCUT2D eigenvalue weighted by atomic mass is 16.5. The van der Waals surface area contributed by atoms with E-state index in [2.05, 4.69) is 84.9 Å². The summed E-state index contributed by atoms with van der Waals surface area (Å²) in [5.74, 6) is 1.03. The van der Waals surface area contributed by atoms with Crippen LogP contribution < -0.4 is 4.74 Å². The largest absolute Gasteiger partial charge is 0.496 e. The molecule has 1 aliphatic rings. The number of hydrogen-bond donors (Lipinski definition) is 0. The van der Waals surface area contributed by atoms with Gasteiger partial charge in [0, 0.05) is 11.1 Å². The first-order valence-corrected chi connectivity index (χ1v) is 9.55. The van der Waals surface area contributed by atoms with Crippen LogP contribution in [0.4, 0.5) is 0 Å². The predicted octanol–water partition coefficient (Wildman–Crippen LogP) is 6.92. The van der Waals surface area contributed by atoms with Crippen LogP contribution in [0.25, 0.3) is 17.2 Å². The summed E-state index contributed by atoms with van der Waals surface area (Å²) in [5.41, 5.74) is 9.52. The molecule has 0 aromatic heterocycles. The van der Waals surface area contributed by atoms with Gasteiger partial charge in [-0.25, -0.2) is 0 Å². The maximum Gasteiger partial charge on any atom is 0.130 e. The Bertz CT molecular complexity index is 853. The topological polar surface area (TPSA) is 9.23 Å². The predicted molar refractivity (Wildman–Crippen MR) is 113 cm³/mol. The maximum absolute atomic E-state index is 5.99. The highest BCUT2D eigenvalue weighted by Gasteiger charge is 2.28. The molecule has 0 saturated heterocycles. The maximum atomic E-state index is 5.99. The monoisotopic (exact) mass is 348 g/mol. The van der Waals surface area contributed by atoms with E-state index in [1.165, 1.54) is 39.0 Å². The third kappa shape index (κ3) is 3.32. The van der Waals surface area contributed by atoms with E-state index < -0.39 is 0 Å². The van der Waals surface area contributed by atoms with E-state index in [4.69, 9.17) is 4.74 Å². The highest BCUT2D eigenvalue weighted by molar-refractivity contribution is 5.83. The van der Waals surface area contributed by atoms with Crippen molar-refractivity contribution in [3.63, 3.8) is 0 Å². The Morgan fingerprint density at radius 2 is 1.50 bits per heavy atom. The zero-order chi connectivity index (χ0) is 19.3. The molecule has 0 spiro atoms. The number of allylic oxidation sites excluding steroid dienone is 1. The number of benzene rings is 2. The van der Waals surface area contributed by atoms with Crippen molar-refractivity contribution >= 4 is 6.08 Å². The lowest BCUT2D eigenvalue weighted by molar-refractivity contribution is 0.399. The van der Waals surface area contributed by atoms with E-state index in [0.29, 0.717) is 0 Å². The summed E-state index contributed by atoms with van der Waals surface area (Å²) in [5, 5.41) is 0. The molecule has 1 aliphatic carbocycles. The summed E-state index contributed by atoms with van der Waals surface area (Å²) in [6, 6.07) is 11.4.